The van der Waals surface area contributed by atoms with Gasteiger partial charge in [0.05, 0.1) is 17.2 Å². The zero-order valence-corrected chi connectivity index (χ0v) is 11.0. The SMILES string of the molecule is CCCn1ccn(Cc2csc(CC)n2)c1=O. The lowest BCUT2D eigenvalue weighted by Crippen LogP contribution is -2.24. The topological polar surface area (TPSA) is 39.8 Å². The van der Waals surface area contributed by atoms with Gasteiger partial charge in [0, 0.05) is 24.3 Å². The van der Waals surface area contributed by atoms with Crippen molar-refractivity contribution in [3.05, 3.63) is 39.0 Å². The van der Waals surface area contributed by atoms with Gasteiger partial charge in [0.25, 0.3) is 0 Å². The molecule has 0 atom stereocenters. The molecule has 2 rings (SSSR count). The van der Waals surface area contributed by atoms with Crippen LogP contribution in [-0.4, -0.2) is 14.1 Å². The largest absolute Gasteiger partial charge is 0.328 e. The molecule has 0 aliphatic heterocycles. The van der Waals surface area contributed by atoms with Gasteiger partial charge < -0.3 is 0 Å². The monoisotopic (exact) mass is 251 g/mol. The second-order valence-electron chi connectivity index (χ2n) is 3.99. The van der Waals surface area contributed by atoms with Crippen LogP contribution in [-0.2, 0) is 19.5 Å². The van der Waals surface area contributed by atoms with Crippen molar-refractivity contribution in [1.82, 2.24) is 14.1 Å². The highest BCUT2D eigenvalue weighted by molar-refractivity contribution is 7.09. The Morgan fingerprint density at radius 1 is 1.29 bits per heavy atom. The zero-order valence-electron chi connectivity index (χ0n) is 10.2. The highest BCUT2D eigenvalue weighted by Crippen LogP contribution is 2.10. The van der Waals surface area contributed by atoms with Crippen molar-refractivity contribution in [3.8, 4) is 0 Å². The molecule has 0 amide bonds. The fourth-order valence-corrected chi connectivity index (χ4v) is 2.48. The quantitative estimate of drug-likeness (QED) is 0.816. The van der Waals surface area contributed by atoms with Crippen LogP contribution < -0.4 is 5.69 Å². The van der Waals surface area contributed by atoms with E-state index in [-0.39, 0.29) is 5.69 Å². The maximum atomic E-state index is 11.9. The molecule has 0 saturated carbocycles. The third-order valence-electron chi connectivity index (χ3n) is 2.62. The average molecular weight is 251 g/mol. The molecule has 4 nitrogen and oxygen atoms in total. The van der Waals surface area contributed by atoms with Crippen LogP contribution in [0.1, 0.15) is 31.0 Å². The van der Waals surface area contributed by atoms with Crippen LogP contribution in [0, 0.1) is 0 Å². The first kappa shape index (κ1) is 12.1. The van der Waals surface area contributed by atoms with Gasteiger partial charge in [-0.25, -0.2) is 9.78 Å². The van der Waals surface area contributed by atoms with Crippen LogP contribution in [0.4, 0.5) is 0 Å². The van der Waals surface area contributed by atoms with E-state index in [1.54, 1.807) is 20.5 Å². The fraction of sp³-hybridized carbons (Fsp3) is 0.500. The standard InChI is InChI=1S/C12H17N3OS/c1-3-5-14-6-7-15(12(14)16)8-10-9-17-11(4-2)13-10/h6-7,9H,3-5,8H2,1-2H3. The van der Waals surface area contributed by atoms with Crippen molar-refractivity contribution in [2.75, 3.05) is 0 Å². The summed E-state index contributed by atoms with van der Waals surface area (Å²) in [7, 11) is 0. The fourth-order valence-electron chi connectivity index (χ4n) is 1.74. The molecule has 0 radical (unpaired) electrons. The van der Waals surface area contributed by atoms with Crippen LogP contribution in [0.15, 0.2) is 22.6 Å². The van der Waals surface area contributed by atoms with Crippen molar-refractivity contribution in [2.45, 2.75) is 39.8 Å². The average Bonchev–Trinajstić information content (AvgIpc) is 2.91. The van der Waals surface area contributed by atoms with Crippen molar-refractivity contribution in [1.29, 1.82) is 0 Å². The molecule has 0 aliphatic rings. The summed E-state index contributed by atoms with van der Waals surface area (Å²) in [5, 5.41) is 3.16. The van der Waals surface area contributed by atoms with Gasteiger partial charge in [-0.15, -0.1) is 11.3 Å². The van der Waals surface area contributed by atoms with E-state index in [1.165, 1.54) is 0 Å². The van der Waals surface area contributed by atoms with E-state index in [0.717, 1.165) is 30.1 Å². The summed E-state index contributed by atoms with van der Waals surface area (Å²) in [4.78, 5) is 16.4. The first-order chi connectivity index (χ1) is 8.24. The molecule has 0 unspecified atom stereocenters. The van der Waals surface area contributed by atoms with E-state index >= 15 is 0 Å². The Kier molecular flexibility index (Phi) is 3.78. The molecular weight excluding hydrogens is 234 g/mol. The van der Waals surface area contributed by atoms with Gasteiger partial charge in [-0.3, -0.25) is 9.13 Å². The molecule has 92 valence electrons. The van der Waals surface area contributed by atoms with Crippen LogP contribution in [0.2, 0.25) is 0 Å². The maximum absolute atomic E-state index is 11.9. The third kappa shape index (κ3) is 2.66. The summed E-state index contributed by atoms with van der Waals surface area (Å²) >= 11 is 1.66. The van der Waals surface area contributed by atoms with Crippen molar-refractivity contribution in [3.63, 3.8) is 0 Å². The van der Waals surface area contributed by atoms with Crippen LogP contribution in [0.5, 0.6) is 0 Å². The van der Waals surface area contributed by atoms with Gasteiger partial charge in [-0.05, 0) is 12.8 Å². The molecule has 2 aromatic heterocycles. The number of imidazole rings is 1. The van der Waals surface area contributed by atoms with E-state index in [1.807, 2.05) is 17.8 Å². The van der Waals surface area contributed by atoms with Gasteiger partial charge in [-0.1, -0.05) is 13.8 Å². The molecule has 0 aromatic carbocycles. The van der Waals surface area contributed by atoms with E-state index in [9.17, 15) is 4.79 Å². The molecule has 0 saturated heterocycles. The summed E-state index contributed by atoms with van der Waals surface area (Å²) in [5.74, 6) is 0. The molecule has 0 fully saturated rings. The molecule has 2 heterocycles. The second-order valence-corrected chi connectivity index (χ2v) is 4.93. The minimum absolute atomic E-state index is 0.0536. The molecule has 2 aromatic rings. The lowest BCUT2D eigenvalue weighted by atomic mass is 10.4. The number of hydrogen-bond acceptors (Lipinski definition) is 3. The Bertz CT molecular complexity index is 538. The van der Waals surface area contributed by atoms with Gasteiger partial charge in [0.15, 0.2) is 0 Å². The first-order valence-electron chi connectivity index (χ1n) is 5.93. The summed E-state index contributed by atoms with van der Waals surface area (Å²) < 4.78 is 3.46. The van der Waals surface area contributed by atoms with Gasteiger partial charge in [-0.2, -0.15) is 0 Å². The Morgan fingerprint density at radius 3 is 2.71 bits per heavy atom. The minimum Gasteiger partial charge on any atom is -0.299 e. The zero-order chi connectivity index (χ0) is 12.3. The van der Waals surface area contributed by atoms with E-state index in [4.69, 9.17) is 0 Å². The lowest BCUT2D eigenvalue weighted by Gasteiger charge is -1.98. The van der Waals surface area contributed by atoms with Crippen LogP contribution >= 0.6 is 11.3 Å². The minimum atomic E-state index is 0.0536. The Balaban J connectivity index is 2.16. The number of rotatable bonds is 5. The highest BCUT2D eigenvalue weighted by Gasteiger charge is 2.05. The summed E-state index contributed by atoms with van der Waals surface area (Å²) in [6.45, 7) is 5.51. The molecule has 5 heteroatoms. The second kappa shape index (κ2) is 5.31. The number of aromatic nitrogens is 3. The van der Waals surface area contributed by atoms with E-state index in [0.29, 0.717) is 6.54 Å². The predicted molar refractivity (Wildman–Crippen MR) is 69.6 cm³/mol. The summed E-state index contributed by atoms with van der Waals surface area (Å²) in [6.07, 6.45) is 5.61. The Labute approximate surface area is 105 Å². The van der Waals surface area contributed by atoms with Crippen LogP contribution in [0.25, 0.3) is 0 Å². The third-order valence-corrected chi connectivity index (χ3v) is 3.66. The molecule has 0 aliphatic carbocycles. The summed E-state index contributed by atoms with van der Waals surface area (Å²) in [6, 6.07) is 0. The predicted octanol–water partition coefficient (Wildman–Crippen LogP) is 2.13. The van der Waals surface area contributed by atoms with Crippen molar-refractivity contribution in [2.24, 2.45) is 0 Å². The molecule has 0 bridgehead atoms. The normalized spacial score (nSPS) is 10.9. The first-order valence-corrected chi connectivity index (χ1v) is 6.81. The van der Waals surface area contributed by atoms with Crippen LogP contribution in [0.3, 0.4) is 0 Å². The lowest BCUT2D eigenvalue weighted by molar-refractivity contribution is 0.621. The smallest absolute Gasteiger partial charge is 0.299 e. The maximum Gasteiger partial charge on any atom is 0.328 e. The number of nitrogens with zero attached hydrogens (tertiary/aromatic N) is 3. The molecule has 17 heavy (non-hydrogen) atoms. The van der Waals surface area contributed by atoms with E-state index < -0.39 is 0 Å². The number of hydrogen-bond donors (Lipinski definition) is 0. The van der Waals surface area contributed by atoms with Gasteiger partial charge in [0.2, 0.25) is 0 Å². The van der Waals surface area contributed by atoms with Crippen molar-refractivity contribution >= 4 is 11.3 Å². The molecule has 0 N–H and O–H groups in total. The van der Waals surface area contributed by atoms with E-state index in [2.05, 4.69) is 18.8 Å². The summed E-state index contributed by atoms with van der Waals surface area (Å²) in [5.41, 5.74) is 1.03. The molecule has 0 spiro atoms. The van der Waals surface area contributed by atoms with Crippen molar-refractivity contribution < 1.29 is 0 Å². The Hall–Kier alpha value is -1.36. The molecular formula is C12H17N3OS. The highest BCUT2D eigenvalue weighted by atomic mass is 32.1. The van der Waals surface area contributed by atoms with Gasteiger partial charge in [0.1, 0.15) is 0 Å². The number of thiazole rings is 1. The number of aryl methyl sites for hydroxylation is 2. The van der Waals surface area contributed by atoms with Gasteiger partial charge >= 0.3 is 5.69 Å². The Morgan fingerprint density at radius 2 is 2.06 bits per heavy atom.